The molecule has 0 saturated heterocycles. The van der Waals surface area contributed by atoms with Crippen LogP contribution in [0.25, 0.3) is 11.2 Å². The number of imidazole rings is 2. The van der Waals surface area contributed by atoms with Gasteiger partial charge < -0.3 is 0 Å². The molecule has 0 spiro atoms. The highest BCUT2D eigenvalue weighted by Crippen LogP contribution is 2.01. The highest BCUT2D eigenvalue weighted by Gasteiger charge is 2.15. The van der Waals surface area contributed by atoms with E-state index >= 15 is 0 Å². The molecular weight excluding hydrogens is 156 g/mol. The third-order valence-electron chi connectivity index (χ3n) is 1.94. The summed E-state index contributed by atoms with van der Waals surface area (Å²) >= 11 is 0. The molecule has 0 aliphatic carbocycles. The van der Waals surface area contributed by atoms with E-state index < -0.39 is 0 Å². The van der Waals surface area contributed by atoms with E-state index in [1.54, 1.807) is 29.2 Å². The molecule has 3 aromatic rings. The van der Waals surface area contributed by atoms with Gasteiger partial charge in [-0.05, 0) is 0 Å². The van der Waals surface area contributed by atoms with Crippen molar-refractivity contribution in [2.75, 3.05) is 0 Å². The molecule has 0 aliphatic rings. The summed E-state index contributed by atoms with van der Waals surface area (Å²) in [6.07, 6.45) is 5.09. The van der Waals surface area contributed by atoms with E-state index in [0.29, 0.717) is 0 Å². The average Bonchev–Trinajstić information content (AvgIpc) is 2.60. The molecule has 5 heteroatoms. The second kappa shape index (κ2) is 1.63. The molecule has 12 heavy (non-hydrogen) atoms. The van der Waals surface area contributed by atoms with E-state index in [1.165, 1.54) is 4.40 Å². The maximum atomic E-state index is 11.2. The van der Waals surface area contributed by atoms with Gasteiger partial charge in [0, 0.05) is 6.07 Å². The molecule has 58 valence electrons. The van der Waals surface area contributed by atoms with Gasteiger partial charge in [-0.25, -0.2) is 9.78 Å². The predicted octanol–water partition coefficient (Wildman–Crippen LogP) is -0.801. The van der Waals surface area contributed by atoms with Crippen LogP contribution in [0.2, 0.25) is 0 Å². The first-order valence-electron chi connectivity index (χ1n) is 3.55. The minimum Gasteiger partial charge on any atom is -0.231 e. The van der Waals surface area contributed by atoms with Gasteiger partial charge in [0.1, 0.15) is 12.4 Å². The Morgan fingerprint density at radius 3 is 3.42 bits per heavy atom. The molecule has 0 amide bonds. The Morgan fingerprint density at radius 1 is 1.58 bits per heavy atom. The molecule has 0 fully saturated rings. The van der Waals surface area contributed by atoms with Crippen molar-refractivity contribution in [1.29, 1.82) is 0 Å². The van der Waals surface area contributed by atoms with E-state index in [2.05, 4.69) is 10.1 Å². The average molecular weight is 161 g/mol. The number of nitrogens with zero attached hydrogens (tertiary/aromatic N) is 3. The lowest BCUT2D eigenvalue weighted by Crippen LogP contribution is -2.35. The van der Waals surface area contributed by atoms with Crippen molar-refractivity contribution in [3.8, 4) is 0 Å². The predicted molar refractivity (Wildman–Crippen MR) is 40.2 cm³/mol. The van der Waals surface area contributed by atoms with E-state index in [-0.39, 0.29) is 5.69 Å². The molecule has 1 N–H and O–H groups in total. The summed E-state index contributed by atoms with van der Waals surface area (Å²) in [4.78, 5) is 13.9. The first-order valence-corrected chi connectivity index (χ1v) is 3.55. The van der Waals surface area contributed by atoms with Gasteiger partial charge in [-0.1, -0.05) is 0 Å². The summed E-state index contributed by atoms with van der Waals surface area (Å²) < 4.78 is 3.19. The Kier molecular flexibility index (Phi) is 0.776. The number of rotatable bonds is 0. The lowest BCUT2D eigenvalue weighted by molar-refractivity contribution is -0.526. The van der Waals surface area contributed by atoms with Gasteiger partial charge in [0.25, 0.3) is 5.65 Å². The normalized spacial score (nSPS) is 11.7. The SMILES string of the molecule is O=c1[nH]c2ccnn3cc[n+]1c23. The monoisotopic (exact) mass is 161 g/mol. The molecular formula is C7H5N4O+. The van der Waals surface area contributed by atoms with E-state index in [1.807, 2.05) is 0 Å². The van der Waals surface area contributed by atoms with Crippen LogP contribution in [0, 0.1) is 0 Å². The van der Waals surface area contributed by atoms with E-state index in [4.69, 9.17) is 0 Å². The molecule has 5 nitrogen and oxygen atoms in total. The summed E-state index contributed by atoms with van der Waals surface area (Å²) in [5, 5.41) is 4.04. The maximum Gasteiger partial charge on any atom is 0.446 e. The smallest absolute Gasteiger partial charge is 0.231 e. The highest BCUT2D eigenvalue weighted by atomic mass is 16.1. The minimum absolute atomic E-state index is 0.125. The topological polar surface area (TPSA) is 54.3 Å². The molecule has 0 radical (unpaired) electrons. The third-order valence-corrected chi connectivity index (χ3v) is 1.94. The zero-order valence-electron chi connectivity index (χ0n) is 6.06. The van der Waals surface area contributed by atoms with Crippen LogP contribution < -0.4 is 10.1 Å². The van der Waals surface area contributed by atoms with Gasteiger partial charge in [0.2, 0.25) is 0 Å². The molecule has 0 saturated carbocycles. The summed E-state index contributed by atoms with van der Waals surface area (Å²) in [6, 6.07) is 1.77. The van der Waals surface area contributed by atoms with Crippen LogP contribution in [0.4, 0.5) is 0 Å². The van der Waals surface area contributed by atoms with Crippen molar-refractivity contribution < 1.29 is 4.40 Å². The lowest BCUT2D eigenvalue weighted by Gasteiger charge is -1.81. The van der Waals surface area contributed by atoms with Crippen LogP contribution in [-0.4, -0.2) is 14.6 Å². The fraction of sp³-hybridized carbons (Fsp3) is 0. The summed E-state index contributed by atoms with van der Waals surface area (Å²) in [5.41, 5.74) is 1.48. The quantitative estimate of drug-likeness (QED) is 0.439. The highest BCUT2D eigenvalue weighted by molar-refractivity contribution is 5.65. The van der Waals surface area contributed by atoms with Gasteiger partial charge in [-0.3, -0.25) is 0 Å². The molecule has 0 aliphatic heterocycles. The molecule has 0 bridgehead atoms. The van der Waals surface area contributed by atoms with Crippen LogP contribution in [0.3, 0.4) is 0 Å². The van der Waals surface area contributed by atoms with Crippen molar-refractivity contribution in [1.82, 2.24) is 14.6 Å². The zero-order valence-corrected chi connectivity index (χ0v) is 6.06. The molecule has 0 unspecified atom stereocenters. The number of hydrogen-bond acceptors (Lipinski definition) is 2. The number of nitrogens with one attached hydrogen (secondary N) is 1. The first kappa shape index (κ1) is 5.70. The largest absolute Gasteiger partial charge is 0.446 e. The van der Waals surface area contributed by atoms with Crippen LogP contribution in [-0.2, 0) is 0 Å². The fourth-order valence-corrected chi connectivity index (χ4v) is 1.42. The van der Waals surface area contributed by atoms with E-state index in [0.717, 1.165) is 11.2 Å². The Balaban J connectivity index is 2.87. The van der Waals surface area contributed by atoms with Crippen LogP contribution in [0.5, 0.6) is 0 Å². The molecule has 0 atom stereocenters. The summed E-state index contributed by atoms with van der Waals surface area (Å²) in [7, 11) is 0. The van der Waals surface area contributed by atoms with Crippen LogP contribution in [0.1, 0.15) is 0 Å². The van der Waals surface area contributed by atoms with Crippen molar-refractivity contribution in [2.45, 2.75) is 0 Å². The number of hydrogen-bond donors (Lipinski definition) is 1. The van der Waals surface area contributed by atoms with Gasteiger partial charge in [-0.2, -0.15) is 4.40 Å². The van der Waals surface area contributed by atoms with Gasteiger partial charge in [-0.15, -0.1) is 9.61 Å². The van der Waals surface area contributed by atoms with E-state index in [9.17, 15) is 4.79 Å². The Labute approximate surface area is 66.2 Å². The first-order chi connectivity index (χ1) is 5.86. The van der Waals surface area contributed by atoms with Crippen molar-refractivity contribution in [3.05, 3.63) is 35.1 Å². The number of aromatic nitrogens is 4. The second-order valence-electron chi connectivity index (χ2n) is 2.61. The third kappa shape index (κ3) is 0.481. The number of aromatic amines is 1. The van der Waals surface area contributed by atoms with Crippen molar-refractivity contribution in [3.63, 3.8) is 0 Å². The lowest BCUT2D eigenvalue weighted by atomic mass is 10.5. The Hall–Kier alpha value is -1.91. The number of H-pyrrole nitrogens is 1. The molecule has 3 rings (SSSR count). The summed E-state index contributed by atoms with van der Waals surface area (Å²) in [6.45, 7) is 0. The molecule has 0 aromatic carbocycles. The van der Waals surface area contributed by atoms with Gasteiger partial charge in [0.15, 0.2) is 5.52 Å². The van der Waals surface area contributed by atoms with Crippen LogP contribution in [0.15, 0.2) is 29.5 Å². The maximum absolute atomic E-state index is 11.2. The van der Waals surface area contributed by atoms with Crippen molar-refractivity contribution >= 4 is 11.2 Å². The fourth-order valence-electron chi connectivity index (χ4n) is 1.42. The van der Waals surface area contributed by atoms with Gasteiger partial charge in [0.05, 0.1) is 6.20 Å². The van der Waals surface area contributed by atoms with Crippen molar-refractivity contribution in [2.24, 2.45) is 0 Å². The van der Waals surface area contributed by atoms with Gasteiger partial charge >= 0.3 is 5.69 Å². The van der Waals surface area contributed by atoms with Crippen LogP contribution >= 0.6 is 0 Å². The minimum atomic E-state index is -0.125. The Morgan fingerprint density at radius 2 is 2.50 bits per heavy atom. The summed E-state index contributed by atoms with van der Waals surface area (Å²) in [5.74, 6) is 0. The Bertz CT molecular complexity index is 593. The standard InChI is InChI=1S/C7H4N4O/c12-7-9-5-1-2-8-11-4-3-10(7)6(5)11/h1-4H/p+1. The zero-order chi connectivity index (χ0) is 8.13. The molecule has 3 aromatic heterocycles. The second-order valence-corrected chi connectivity index (χ2v) is 2.61. The molecule has 3 heterocycles.